The highest BCUT2D eigenvalue weighted by molar-refractivity contribution is 4.86. The highest BCUT2D eigenvalue weighted by Crippen LogP contribution is 2.15. The average Bonchev–Trinajstić information content (AvgIpc) is 2.16. The van der Waals surface area contributed by atoms with Crippen molar-refractivity contribution >= 4 is 0 Å². The van der Waals surface area contributed by atoms with Gasteiger partial charge in [0, 0.05) is 11.1 Å². The van der Waals surface area contributed by atoms with Crippen molar-refractivity contribution in [3.05, 3.63) is 0 Å². The molecule has 0 aliphatic heterocycles. The molecular formula is C14H32N2. The Hall–Kier alpha value is -0.0800. The lowest BCUT2D eigenvalue weighted by Crippen LogP contribution is -2.59. The van der Waals surface area contributed by atoms with E-state index in [-0.39, 0.29) is 11.1 Å². The molecule has 0 amide bonds. The molecule has 0 atom stereocenters. The fraction of sp³-hybridized carbons (Fsp3) is 1.00. The minimum atomic E-state index is 0.200. The molecule has 0 aromatic heterocycles. The van der Waals surface area contributed by atoms with Gasteiger partial charge in [0.25, 0.3) is 0 Å². The van der Waals surface area contributed by atoms with Gasteiger partial charge >= 0.3 is 0 Å². The van der Waals surface area contributed by atoms with Gasteiger partial charge in [-0.3, -0.25) is 10.6 Å². The molecule has 0 aromatic rings. The van der Waals surface area contributed by atoms with Crippen molar-refractivity contribution < 1.29 is 0 Å². The Morgan fingerprint density at radius 1 is 0.812 bits per heavy atom. The molecule has 0 saturated heterocycles. The van der Waals surface area contributed by atoms with Crippen molar-refractivity contribution in [3.63, 3.8) is 0 Å². The van der Waals surface area contributed by atoms with E-state index in [0.717, 1.165) is 12.8 Å². The monoisotopic (exact) mass is 228 g/mol. The van der Waals surface area contributed by atoms with Gasteiger partial charge < -0.3 is 0 Å². The first kappa shape index (κ1) is 15.9. The van der Waals surface area contributed by atoms with Gasteiger partial charge in [-0.15, -0.1) is 0 Å². The normalized spacial score (nSPS) is 13.9. The number of hydrogen-bond acceptors (Lipinski definition) is 2. The second kappa shape index (κ2) is 6.02. The molecule has 0 heterocycles. The van der Waals surface area contributed by atoms with Gasteiger partial charge in [0.15, 0.2) is 0 Å². The summed E-state index contributed by atoms with van der Waals surface area (Å²) >= 11 is 0. The summed E-state index contributed by atoms with van der Waals surface area (Å²) in [6.07, 6.45) is 2.67. The molecule has 0 unspecified atom stereocenters. The summed E-state index contributed by atoms with van der Waals surface area (Å²) < 4.78 is 0. The summed E-state index contributed by atoms with van der Waals surface area (Å²) in [4.78, 5) is 0. The van der Waals surface area contributed by atoms with Crippen LogP contribution in [0.25, 0.3) is 0 Å². The Balaban J connectivity index is 4.52. The molecule has 0 radical (unpaired) electrons. The molecule has 2 N–H and O–H groups in total. The summed E-state index contributed by atoms with van der Waals surface area (Å²) in [6.45, 7) is 18.1. The second-order valence-corrected chi connectivity index (χ2v) is 6.49. The Bertz CT molecular complexity index is 177. The van der Waals surface area contributed by atoms with Crippen LogP contribution >= 0.6 is 0 Å². The highest BCUT2D eigenvalue weighted by atomic mass is 15.2. The van der Waals surface area contributed by atoms with Crippen molar-refractivity contribution in [2.75, 3.05) is 0 Å². The van der Waals surface area contributed by atoms with Gasteiger partial charge in [-0.1, -0.05) is 27.7 Å². The Morgan fingerprint density at radius 3 is 1.31 bits per heavy atom. The van der Waals surface area contributed by atoms with Crippen molar-refractivity contribution in [1.29, 1.82) is 0 Å². The molecule has 98 valence electrons. The van der Waals surface area contributed by atoms with Crippen LogP contribution in [0.3, 0.4) is 0 Å². The van der Waals surface area contributed by atoms with Gasteiger partial charge in [-0.2, -0.15) is 0 Å². The maximum absolute atomic E-state index is 3.72. The summed E-state index contributed by atoms with van der Waals surface area (Å²) in [5.74, 6) is 0.594. The first-order valence-electron chi connectivity index (χ1n) is 6.69. The molecular weight excluding hydrogens is 196 g/mol. The fourth-order valence-corrected chi connectivity index (χ4v) is 1.42. The van der Waals surface area contributed by atoms with Crippen LogP contribution in [0.15, 0.2) is 0 Å². The van der Waals surface area contributed by atoms with Crippen LogP contribution in [0, 0.1) is 5.92 Å². The molecule has 2 heteroatoms. The SMILES string of the molecule is CCC(C)(C)NC(NC(C)(C)CC)C(C)C. The summed E-state index contributed by atoms with van der Waals surface area (Å²) in [5, 5.41) is 7.44. The molecule has 0 aromatic carbocycles. The van der Waals surface area contributed by atoms with Crippen molar-refractivity contribution in [2.24, 2.45) is 5.92 Å². The summed E-state index contributed by atoms with van der Waals surface area (Å²) in [5.41, 5.74) is 0.400. The van der Waals surface area contributed by atoms with Gasteiger partial charge in [-0.05, 0) is 46.5 Å². The zero-order valence-electron chi connectivity index (χ0n) is 12.6. The first-order valence-corrected chi connectivity index (χ1v) is 6.69. The quantitative estimate of drug-likeness (QED) is 0.651. The maximum atomic E-state index is 3.72. The predicted octanol–water partition coefficient (Wildman–Crippen LogP) is 3.52. The van der Waals surface area contributed by atoms with E-state index in [1.807, 2.05) is 0 Å². The van der Waals surface area contributed by atoms with Crippen molar-refractivity contribution in [2.45, 2.75) is 85.5 Å². The van der Waals surface area contributed by atoms with E-state index in [1.165, 1.54) is 0 Å². The third-order valence-electron chi connectivity index (χ3n) is 3.53. The minimum Gasteiger partial charge on any atom is -0.297 e. The molecule has 0 aliphatic carbocycles. The predicted molar refractivity (Wildman–Crippen MR) is 73.6 cm³/mol. The van der Waals surface area contributed by atoms with E-state index in [1.54, 1.807) is 0 Å². The molecule has 16 heavy (non-hydrogen) atoms. The lowest BCUT2D eigenvalue weighted by molar-refractivity contribution is 0.194. The van der Waals surface area contributed by atoms with Crippen LogP contribution in [-0.2, 0) is 0 Å². The third kappa shape index (κ3) is 5.86. The van der Waals surface area contributed by atoms with Crippen LogP contribution < -0.4 is 10.6 Å². The van der Waals surface area contributed by atoms with Gasteiger partial charge in [0.05, 0.1) is 6.17 Å². The molecule has 0 fully saturated rings. The van der Waals surface area contributed by atoms with Crippen LogP contribution in [0.5, 0.6) is 0 Å². The maximum Gasteiger partial charge on any atom is 0.0603 e. The van der Waals surface area contributed by atoms with E-state index >= 15 is 0 Å². The molecule has 0 aliphatic rings. The standard InChI is InChI=1S/C14H32N2/c1-9-13(5,6)15-12(11(3)4)16-14(7,8)10-2/h11-12,15-16H,9-10H2,1-8H3. The topological polar surface area (TPSA) is 24.1 Å². The van der Waals surface area contributed by atoms with Gasteiger partial charge in [0.1, 0.15) is 0 Å². The molecule has 0 rings (SSSR count). The number of hydrogen-bond donors (Lipinski definition) is 2. The molecule has 0 bridgehead atoms. The van der Waals surface area contributed by atoms with Crippen LogP contribution in [-0.4, -0.2) is 17.2 Å². The second-order valence-electron chi connectivity index (χ2n) is 6.49. The molecule has 2 nitrogen and oxygen atoms in total. The number of nitrogens with one attached hydrogen (secondary N) is 2. The van der Waals surface area contributed by atoms with Crippen LogP contribution in [0.2, 0.25) is 0 Å². The summed E-state index contributed by atoms with van der Waals surface area (Å²) in [7, 11) is 0. The molecule has 0 spiro atoms. The lowest BCUT2D eigenvalue weighted by atomic mass is 9.96. The zero-order valence-corrected chi connectivity index (χ0v) is 12.6. The largest absolute Gasteiger partial charge is 0.297 e. The Labute approximate surface area is 103 Å². The molecule has 0 saturated carbocycles. The van der Waals surface area contributed by atoms with Crippen molar-refractivity contribution in [1.82, 2.24) is 10.6 Å². The Morgan fingerprint density at radius 2 is 1.12 bits per heavy atom. The minimum absolute atomic E-state index is 0.200. The summed E-state index contributed by atoms with van der Waals surface area (Å²) in [6, 6.07) is 0. The van der Waals surface area contributed by atoms with Crippen LogP contribution in [0.1, 0.15) is 68.2 Å². The first-order chi connectivity index (χ1) is 7.13. The number of rotatable bonds is 7. The van der Waals surface area contributed by atoms with Gasteiger partial charge in [-0.25, -0.2) is 0 Å². The van der Waals surface area contributed by atoms with E-state index in [0.29, 0.717) is 12.1 Å². The van der Waals surface area contributed by atoms with E-state index < -0.39 is 0 Å². The smallest absolute Gasteiger partial charge is 0.0603 e. The van der Waals surface area contributed by atoms with E-state index in [9.17, 15) is 0 Å². The van der Waals surface area contributed by atoms with E-state index in [4.69, 9.17) is 0 Å². The lowest BCUT2D eigenvalue weighted by Gasteiger charge is -2.39. The third-order valence-corrected chi connectivity index (χ3v) is 3.53. The Kier molecular flexibility index (Phi) is 5.99. The van der Waals surface area contributed by atoms with Crippen LogP contribution in [0.4, 0.5) is 0 Å². The zero-order chi connectivity index (χ0) is 13.0. The van der Waals surface area contributed by atoms with Gasteiger partial charge in [0.2, 0.25) is 0 Å². The van der Waals surface area contributed by atoms with E-state index in [2.05, 4.69) is 66.0 Å². The fourth-order valence-electron chi connectivity index (χ4n) is 1.42. The average molecular weight is 228 g/mol. The highest BCUT2D eigenvalue weighted by Gasteiger charge is 2.26. The van der Waals surface area contributed by atoms with Crippen molar-refractivity contribution in [3.8, 4) is 0 Å².